The van der Waals surface area contributed by atoms with Crippen LogP contribution in [0.5, 0.6) is 0 Å². The molecule has 1 aromatic heterocycles. The molecule has 0 saturated heterocycles. The van der Waals surface area contributed by atoms with E-state index in [1.54, 1.807) is 6.07 Å². The number of nitrogens with one attached hydrogen (secondary N) is 2. The van der Waals surface area contributed by atoms with Crippen molar-refractivity contribution < 1.29 is 4.92 Å². The molecular formula is C18H13N5O2. The number of para-hydroxylation sites is 1. The lowest BCUT2D eigenvalue weighted by Gasteiger charge is -2.09. The maximum Gasteiger partial charge on any atom is 0.305 e. The fourth-order valence-electron chi connectivity index (χ4n) is 2.22. The van der Waals surface area contributed by atoms with Crippen LogP contribution in [0.15, 0.2) is 66.7 Å². The third kappa shape index (κ3) is 3.89. The largest absolute Gasteiger partial charge is 0.356 e. The van der Waals surface area contributed by atoms with Crippen LogP contribution in [0.4, 0.5) is 28.6 Å². The van der Waals surface area contributed by atoms with Gasteiger partial charge in [0.1, 0.15) is 11.9 Å². The molecule has 25 heavy (non-hydrogen) atoms. The molecule has 0 unspecified atom stereocenters. The minimum atomic E-state index is -0.626. The number of anilines is 4. The predicted molar refractivity (Wildman–Crippen MR) is 95.1 cm³/mol. The lowest BCUT2D eigenvalue weighted by molar-refractivity contribution is -0.385. The van der Waals surface area contributed by atoms with Crippen molar-refractivity contribution in [3.8, 4) is 6.07 Å². The number of benzene rings is 2. The highest BCUT2D eigenvalue weighted by atomic mass is 16.6. The van der Waals surface area contributed by atoms with Crippen LogP contribution < -0.4 is 10.6 Å². The average Bonchev–Trinajstić information content (AvgIpc) is 2.64. The highest BCUT2D eigenvalue weighted by Crippen LogP contribution is 2.23. The number of hydrogen-bond acceptors (Lipinski definition) is 6. The molecule has 3 aromatic rings. The van der Waals surface area contributed by atoms with Crippen LogP contribution in [0.3, 0.4) is 0 Å². The van der Waals surface area contributed by atoms with Crippen LogP contribution in [0, 0.1) is 21.4 Å². The molecule has 7 heteroatoms. The van der Waals surface area contributed by atoms with Crippen LogP contribution in [-0.4, -0.2) is 9.91 Å². The van der Waals surface area contributed by atoms with Gasteiger partial charge in [-0.3, -0.25) is 10.1 Å². The second kappa shape index (κ2) is 7.10. The summed E-state index contributed by atoms with van der Waals surface area (Å²) >= 11 is 0. The Bertz CT molecular complexity index is 934. The van der Waals surface area contributed by atoms with Gasteiger partial charge in [-0.2, -0.15) is 5.26 Å². The molecule has 0 fully saturated rings. The van der Waals surface area contributed by atoms with Gasteiger partial charge in [0.15, 0.2) is 0 Å². The number of nitrogens with zero attached hydrogens (tertiary/aromatic N) is 3. The van der Waals surface area contributed by atoms with E-state index in [1.807, 2.05) is 54.6 Å². The Morgan fingerprint density at radius 3 is 2.08 bits per heavy atom. The van der Waals surface area contributed by atoms with Crippen molar-refractivity contribution in [3.63, 3.8) is 0 Å². The van der Waals surface area contributed by atoms with Gasteiger partial charge in [0.05, 0.1) is 4.92 Å². The Balaban J connectivity index is 1.73. The quantitative estimate of drug-likeness (QED) is 0.532. The Morgan fingerprint density at radius 1 is 0.880 bits per heavy atom. The SMILES string of the molecule is N#Cc1nc(Nc2ccc(Nc3ccccc3)cc2)ccc1[N+](=O)[O-]. The minimum absolute atomic E-state index is 0.225. The van der Waals surface area contributed by atoms with Crippen molar-refractivity contribution in [2.24, 2.45) is 0 Å². The van der Waals surface area contributed by atoms with Crippen LogP contribution in [0.1, 0.15) is 5.69 Å². The van der Waals surface area contributed by atoms with E-state index in [-0.39, 0.29) is 11.4 Å². The van der Waals surface area contributed by atoms with E-state index in [2.05, 4.69) is 15.6 Å². The molecule has 0 atom stereocenters. The molecule has 0 aliphatic rings. The Hall–Kier alpha value is -3.92. The molecule has 7 nitrogen and oxygen atoms in total. The summed E-state index contributed by atoms with van der Waals surface area (Å²) in [6.07, 6.45) is 0. The number of aromatic nitrogens is 1. The number of hydrogen-bond donors (Lipinski definition) is 2. The Labute approximate surface area is 143 Å². The monoisotopic (exact) mass is 331 g/mol. The molecule has 122 valence electrons. The van der Waals surface area contributed by atoms with Gasteiger partial charge in [-0.25, -0.2) is 4.98 Å². The Kier molecular flexibility index (Phi) is 4.53. The first-order chi connectivity index (χ1) is 12.2. The molecule has 0 bridgehead atoms. The minimum Gasteiger partial charge on any atom is -0.356 e. The zero-order valence-corrected chi connectivity index (χ0v) is 13.0. The standard InChI is InChI=1S/C18H13N5O2/c19-12-16-17(23(24)25)10-11-18(22-16)21-15-8-6-14(7-9-15)20-13-4-2-1-3-5-13/h1-11,20H,(H,21,22). The predicted octanol–water partition coefficient (Wildman–Crippen LogP) is 4.35. The van der Waals surface area contributed by atoms with Gasteiger partial charge in [0, 0.05) is 23.1 Å². The number of pyridine rings is 1. The van der Waals surface area contributed by atoms with Crippen molar-refractivity contribution in [2.45, 2.75) is 0 Å². The van der Waals surface area contributed by atoms with Gasteiger partial charge in [0.2, 0.25) is 5.69 Å². The summed E-state index contributed by atoms with van der Waals surface area (Å²) in [4.78, 5) is 14.2. The normalized spacial score (nSPS) is 9.88. The molecule has 2 N–H and O–H groups in total. The van der Waals surface area contributed by atoms with Gasteiger partial charge in [-0.15, -0.1) is 0 Å². The van der Waals surface area contributed by atoms with E-state index in [0.717, 1.165) is 17.1 Å². The van der Waals surface area contributed by atoms with Gasteiger partial charge >= 0.3 is 5.69 Å². The topological polar surface area (TPSA) is 104 Å². The fourth-order valence-corrected chi connectivity index (χ4v) is 2.22. The van der Waals surface area contributed by atoms with Crippen molar-refractivity contribution in [3.05, 3.63) is 82.5 Å². The van der Waals surface area contributed by atoms with Crippen molar-refractivity contribution in [1.29, 1.82) is 5.26 Å². The highest BCUT2D eigenvalue weighted by Gasteiger charge is 2.15. The third-order valence-electron chi connectivity index (χ3n) is 3.40. The van der Waals surface area contributed by atoms with Crippen LogP contribution in [-0.2, 0) is 0 Å². The molecule has 0 aliphatic heterocycles. The van der Waals surface area contributed by atoms with E-state index in [9.17, 15) is 10.1 Å². The van der Waals surface area contributed by atoms with E-state index in [0.29, 0.717) is 5.82 Å². The summed E-state index contributed by atoms with van der Waals surface area (Å²) in [7, 11) is 0. The first-order valence-electron chi connectivity index (χ1n) is 7.40. The van der Waals surface area contributed by atoms with Crippen molar-refractivity contribution in [1.82, 2.24) is 4.98 Å². The lowest BCUT2D eigenvalue weighted by atomic mass is 10.2. The molecule has 2 aromatic carbocycles. The fraction of sp³-hybridized carbons (Fsp3) is 0. The van der Waals surface area contributed by atoms with E-state index in [1.165, 1.54) is 12.1 Å². The summed E-state index contributed by atoms with van der Waals surface area (Å²) in [5, 5.41) is 26.1. The van der Waals surface area contributed by atoms with Crippen LogP contribution in [0.25, 0.3) is 0 Å². The number of nitriles is 1. The van der Waals surface area contributed by atoms with Gasteiger partial charge in [0.25, 0.3) is 0 Å². The molecular weight excluding hydrogens is 318 g/mol. The van der Waals surface area contributed by atoms with Gasteiger partial charge in [-0.1, -0.05) is 18.2 Å². The van der Waals surface area contributed by atoms with E-state index < -0.39 is 4.92 Å². The molecule has 0 spiro atoms. The zero-order chi connectivity index (χ0) is 17.6. The maximum absolute atomic E-state index is 10.8. The Morgan fingerprint density at radius 2 is 1.48 bits per heavy atom. The van der Waals surface area contributed by atoms with Crippen molar-refractivity contribution >= 4 is 28.6 Å². The third-order valence-corrected chi connectivity index (χ3v) is 3.40. The summed E-state index contributed by atoms with van der Waals surface area (Å²) in [6.45, 7) is 0. The zero-order valence-electron chi connectivity index (χ0n) is 13.0. The van der Waals surface area contributed by atoms with Gasteiger partial charge < -0.3 is 10.6 Å². The van der Waals surface area contributed by atoms with Crippen LogP contribution >= 0.6 is 0 Å². The van der Waals surface area contributed by atoms with E-state index in [4.69, 9.17) is 5.26 Å². The molecule has 0 saturated carbocycles. The molecule has 0 aliphatic carbocycles. The summed E-state index contributed by atoms with van der Waals surface area (Å²) in [5.74, 6) is 0.367. The smallest absolute Gasteiger partial charge is 0.305 e. The number of nitro groups is 1. The summed E-state index contributed by atoms with van der Waals surface area (Å²) < 4.78 is 0. The molecule has 1 heterocycles. The second-order valence-electron chi connectivity index (χ2n) is 5.13. The van der Waals surface area contributed by atoms with Crippen molar-refractivity contribution in [2.75, 3.05) is 10.6 Å². The molecule has 3 rings (SSSR count). The number of rotatable bonds is 5. The maximum atomic E-state index is 10.8. The molecule has 0 amide bonds. The van der Waals surface area contributed by atoms with Crippen LogP contribution in [0.2, 0.25) is 0 Å². The first-order valence-corrected chi connectivity index (χ1v) is 7.40. The lowest BCUT2D eigenvalue weighted by Crippen LogP contribution is -1.99. The van der Waals surface area contributed by atoms with E-state index >= 15 is 0 Å². The second-order valence-corrected chi connectivity index (χ2v) is 5.13. The molecule has 0 radical (unpaired) electrons. The average molecular weight is 331 g/mol. The summed E-state index contributed by atoms with van der Waals surface area (Å²) in [6, 6.07) is 21.7. The highest BCUT2D eigenvalue weighted by molar-refractivity contribution is 5.65. The first kappa shape index (κ1) is 16.0. The summed E-state index contributed by atoms with van der Waals surface area (Å²) in [5.41, 5.74) is 2.13. The van der Waals surface area contributed by atoms with Gasteiger partial charge in [-0.05, 0) is 42.5 Å².